The Bertz CT molecular complexity index is 2170. The van der Waals surface area contributed by atoms with Gasteiger partial charge in [0.05, 0.1) is 40.8 Å². The fourth-order valence-electron chi connectivity index (χ4n) is 5.87. The number of H-pyrrole nitrogens is 1. The van der Waals surface area contributed by atoms with Crippen LogP contribution in [-0.4, -0.2) is 42.2 Å². The van der Waals surface area contributed by atoms with E-state index in [0.29, 0.717) is 33.8 Å². The number of amides is 1. The van der Waals surface area contributed by atoms with E-state index in [1.807, 2.05) is 80.6 Å². The molecule has 0 saturated carbocycles. The van der Waals surface area contributed by atoms with Gasteiger partial charge in [0, 0.05) is 22.8 Å². The van der Waals surface area contributed by atoms with Crippen molar-refractivity contribution < 1.29 is 23.1 Å². The highest BCUT2D eigenvalue weighted by atomic mass is 35.5. The summed E-state index contributed by atoms with van der Waals surface area (Å²) in [6.45, 7) is 8.32. The van der Waals surface area contributed by atoms with E-state index < -0.39 is 16.1 Å². The van der Waals surface area contributed by atoms with Gasteiger partial charge >= 0.3 is 16.3 Å². The molecule has 51 heavy (non-hydrogen) atoms. The summed E-state index contributed by atoms with van der Waals surface area (Å²) in [7, 11) is -3.94. The van der Waals surface area contributed by atoms with Crippen LogP contribution in [0.2, 0.25) is 10.0 Å². The highest BCUT2D eigenvalue weighted by Crippen LogP contribution is 2.36. The minimum atomic E-state index is -3.94. The second kappa shape index (κ2) is 14.7. The Hall–Kier alpha value is -4.97. The van der Waals surface area contributed by atoms with E-state index in [2.05, 4.69) is 23.6 Å². The number of aromatic nitrogens is 2. The van der Waals surface area contributed by atoms with Crippen molar-refractivity contribution in [3.05, 3.63) is 136 Å². The highest BCUT2D eigenvalue weighted by Gasteiger charge is 2.29. The second-order valence-corrected chi connectivity index (χ2v) is 15.2. The van der Waals surface area contributed by atoms with Gasteiger partial charge in [0.25, 0.3) is 0 Å². The summed E-state index contributed by atoms with van der Waals surface area (Å²) >= 11 is 12.7. The first-order chi connectivity index (χ1) is 24.3. The SMILES string of the molecule is CC(C)CN(C(=O)OC(C)C)c1ccc(-c2ccc(C(c3ccc(N4C=C(O)NS4(=O)=O)cc3)c3ncc(-c4ccc(Cl)cc4Cl)[nH]3)cc2)cc1. The van der Waals surface area contributed by atoms with Crippen molar-refractivity contribution in [2.75, 3.05) is 15.7 Å². The summed E-state index contributed by atoms with van der Waals surface area (Å²) in [5.41, 5.74) is 6.29. The maximum absolute atomic E-state index is 12.9. The molecule has 0 radical (unpaired) electrons. The van der Waals surface area contributed by atoms with Gasteiger partial charge in [0.15, 0.2) is 0 Å². The number of carbonyl (C=O) groups excluding carboxylic acids is 1. The topological polar surface area (TPSA) is 128 Å². The lowest BCUT2D eigenvalue weighted by Crippen LogP contribution is -2.36. The van der Waals surface area contributed by atoms with E-state index >= 15 is 0 Å². The smallest absolute Gasteiger partial charge is 0.414 e. The molecule has 13 heteroatoms. The lowest BCUT2D eigenvalue weighted by atomic mass is 9.89. The number of nitrogens with zero attached hydrogens (tertiary/aromatic N) is 3. The molecule has 6 rings (SSSR count). The fraction of sp³-hybridized carbons (Fsp3) is 0.211. The minimum Gasteiger partial charge on any atom is -0.493 e. The van der Waals surface area contributed by atoms with E-state index in [-0.39, 0.29) is 24.0 Å². The molecule has 1 atom stereocenters. The summed E-state index contributed by atoms with van der Waals surface area (Å²) < 4.78 is 33.5. The van der Waals surface area contributed by atoms with Crippen molar-refractivity contribution in [2.24, 2.45) is 5.92 Å². The number of imidazole rings is 1. The second-order valence-electron chi connectivity index (χ2n) is 12.9. The largest absolute Gasteiger partial charge is 0.493 e. The predicted octanol–water partition coefficient (Wildman–Crippen LogP) is 9.25. The van der Waals surface area contributed by atoms with Crippen LogP contribution in [0.15, 0.2) is 109 Å². The zero-order chi connectivity index (χ0) is 36.4. The normalized spacial score (nSPS) is 14.4. The average molecular weight is 747 g/mol. The molecule has 0 fully saturated rings. The van der Waals surface area contributed by atoms with E-state index in [1.165, 1.54) is 0 Å². The van der Waals surface area contributed by atoms with E-state index in [9.17, 15) is 18.3 Å². The zero-order valence-corrected chi connectivity index (χ0v) is 30.7. The lowest BCUT2D eigenvalue weighted by Gasteiger charge is -2.25. The van der Waals surface area contributed by atoms with Gasteiger partial charge < -0.3 is 14.8 Å². The number of aliphatic hydroxyl groups is 1. The van der Waals surface area contributed by atoms with Crippen LogP contribution in [0.3, 0.4) is 0 Å². The Balaban J connectivity index is 1.33. The van der Waals surface area contributed by atoms with Crippen molar-refractivity contribution in [1.82, 2.24) is 14.7 Å². The van der Waals surface area contributed by atoms with Crippen LogP contribution in [0.4, 0.5) is 16.2 Å². The number of anilines is 2. The van der Waals surface area contributed by atoms with Gasteiger partial charge in [-0.15, -0.1) is 0 Å². The van der Waals surface area contributed by atoms with Gasteiger partial charge in [-0.05, 0) is 84.5 Å². The van der Waals surface area contributed by atoms with Crippen molar-refractivity contribution in [2.45, 2.75) is 39.7 Å². The van der Waals surface area contributed by atoms with E-state index in [1.54, 1.807) is 35.4 Å². The number of aromatic amines is 1. The monoisotopic (exact) mass is 745 g/mol. The third kappa shape index (κ3) is 8.01. The Morgan fingerprint density at radius 2 is 1.51 bits per heavy atom. The summed E-state index contributed by atoms with van der Waals surface area (Å²) in [5.74, 6) is 0.0682. The van der Waals surface area contributed by atoms with Gasteiger partial charge in [-0.3, -0.25) is 4.90 Å². The summed E-state index contributed by atoms with van der Waals surface area (Å²) in [5, 5.41) is 10.8. The van der Waals surface area contributed by atoms with Gasteiger partial charge in [0.1, 0.15) is 5.82 Å². The van der Waals surface area contributed by atoms with Crippen molar-refractivity contribution in [1.29, 1.82) is 0 Å². The number of halogens is 2. The first-order valence-electron chi connectivity index (χ1n) is 16.3. The van der Waals surface area contributed by atoms with Crippen LogP contribution in [0.1, 0.15) is 50.6 Å². The number of benzene rings is 4. The van der Waals surface area contributed by atoms with Crippen LogP contribution in [-0.2, 0) is 14.9 Å². The molecule has 0 spiro atoms. The molecule has 0 aliphatic carbocycles. The molecule has 264 valence electrons. The van der Waals surface area contributed by atoms with Gasteiger partial charge in [-0.1, -0.05) is 85.6 Å². The zero-order valence-electron chi connectivity index (χ0n) is 28.3. The number of aliphatic hydroxyl groups excluding tert-OH is 1. The molecular formula is C38H37Cl2N5O5S. The number of hydrogen-bond acceptors (Lipinski definition) is 6. The molecule has 1 aromatic heterocycles. The number of carbonyl (C=O) groups is 1. The molecule has 1 amide bonds. The fourth-order valence-corrected chi connectivity index (χ4v) is 7.43. The number of nitrogens with one attached hydrogen (secondary N) is 2. The minimum absolute atomic E-state index is 0.222. The predicted molar refractivity (Wildman–Crippen MR) is 202 cm³/mol. The summed E-state index contributed by atoms with van der Waals surface area (Å²) in [6, 6.07) is 28.2. The molecule has 1 unspecified atom stereocenters. The third-order valence-corrected chi connectivity index (χ3v) is 10.0. The Morgan fingerprint density at radius 3 is 2.06 bits per heavy atom. The molecule has 10 nitrogen and oxygen atoms in total. The third-order valence-electron chi connectivity index (χ3n) is 8.16. The van der Waals surface area contributed by atoms with Crippen LogP contribution in [0.25, 0.3) is 22.4 Å². The average Bonchev–Trinajstić information content (AvgIpc) is 3.66. The Kier molecular flexibility index (Phi) is 10.3. The molecule has 5 aromatic rings. The number of hydrogen-bond donors (Lipinski definition) is 3. The molecule has 0 bridgehead atoms. The standard InChI is InChI=1S/C38H37Cl2N5O5S/c1-23(2)21-44(38(47)50-24(3)4)30-14-9-26(10-15-30)25-5-7-27(8-6-25)36(37-41-20-34(42-37)32-18-13-29(39)19-33(32)40)28-11-16-31(17-12-28)45-22-35(46)43-51(45,48)49/h5-20,22-24,36,43,46H,21H2,1-4H3,(H,41,42). The van der Waals surface area contributed by atoms with Crippen LogP contribution >= 0.6 is 23.2 Å². The Morgan fingerprint density at radius 1 is 0.902 bits per heavy atom. The molecular weight excluding hydrogens is 709 g/mol. The van der Waals surface area contributed by atoms with E-state index in [0.717, 1.165) is 44.0 Å². The highest BCUT2D eigenvalue weighted by molar-refractivity contribution is 7.91. The molecule has 1 aliphatic rings. The van der Waals surface area contributed by atoms with Crippen molar-refractivity contribution in [3.8, 4) is 22.4 Å². The van der Waals surface area contributed by atoms with E-state index in [4.69, 9.17) is 32.9 Å². The van der Waals surface area contributed by atoms with Crippen LogP contribution in [0.5, 0.6) is 0 Å². The molecule has 2 heterocycles. The molecule has 1 aliphatic heterocycles. The maximum Gasteiger partial charge on any atom is 0.414 e. The summed E-state index contributed by atoms with van der Waals surface area (Å²) in [4.78, 5) is 22.7. The summed E-state index contributed by atoms with van der Waals surface area (Å²) in [6.07, 6.45) is 2.24. The van der Waals surface area contributed by atoms with Gasteiger partial charge in [-0.2, -0.15) is 8.42 Å². The number of rotatable bonds is 10. The molecule has 4 aromatic carbocycles. The van der Waals surface area contributed by atoms with Gasteiger partial charge in [-0.25, -0.2) is 18.8 Å². The van der Waals surface area contributed by atoms with Crippen molar-refractivity contribution >= 4 is 50.9 Å². The lowest BCUT2D eigenvalue weighted by molar-refractivity contribution is 0.122. The van der Waals surface area contributed by atoms with Crippen molar-refractivity contribution in [3.63, 3.8) is 0 Å². The first kappa shape index (κ1) is 35.8. The Labute approximate surface area is 307 Å². The first-order valence-corrected chi connectivity index (χ1v) is 18.5. The number of ether oxygens (including phenoxy) is 1. The van der Waals surface area contributed by atoms with Gasteiger partial charge in [0.2, 0.25) is 5.88 Å². The van der Waals surface area contributed by atoms with Crippen LogP contribution < -0.4 is 13.9 Å². The quantitative estimate of drug-likeness (QED) is 0.131. The molecule has 3 N–H and O–H groups in total. The maximum atomic E-state index is 12.9. The van der Waals surface area contributed by atoms with Crippen LogP contribution in [0, 0.1) is 5.92 Å². The molecule has 0 saturated heterocycles.